The molecule has 0 spiro atoms. The van der Waals surface area contributed by atoms with Crippen molar-refractivity contribution in [3.05, 3.63) is 0 Å². The molecule has 2 unspecified atom stereocenters. The summed E-state index contributed by atoms with van der Waals surface area (Å²) in [6, 6.07) is 0.112. The Morgan fingerprint density at radius 2 is 1.92 bits per heavy atom. The summed E-state index contributed by atoms with van der Waals surface area (Å²) in [6.07, 6.45) is 4.81. The fourth-order valence-corrected chi connectivity index (χ4v) is 2.26. The zero-order valence-corrected chi connectivity index (χ0v) is 7.31. The van der Waals surface area contributed by atoms with Crippen molar-refractivity contribution in [3.63, 3.8) is 0 Å². The summed E-state index contributed by atoms with van der Waals surface area (Å²) < 4.78 is 0. The third-order valence-corrected chi connectivity index (χ3v) is 2.92. The highest BCUT2D eigenvalue weighted by Crippen LogP contribution is 2.23. The van der Waals surface area contributed by atoms with Gasteiger partial charge in [-0.15, -0.1) is 0 Å². The van der Waals surface area contributed by atoms with Gasteiger partial charge >= 0.3 is 0 Å². The molecule has 2 aliphatic rings. The van der Waals surface area contributed by atoms with Crippen LogP contribution in [0, 0.1) is 5.92 Å². The van der Waals surface area contributed by atoms with E-state index in [-0.39, 0.29) is 11.9 Å². The molecular weight excluding hydrogens is 152 g/mol. The first-order valence-electron chi connectivity index (χ1n) is 4.89. The second kappa shape index (κ2) is 3.44. The first-order chi connectivity index (χ1) is 5.88. The van der Waals surface area contributed by atoms with Gasteiger partial charge in [-0.2, -0.15) is 0 Å². The van der Waals surface area contributed by atoms with E-state index in [0.29, 0.717) is 5.92 Å². The second-order valence-corrected chi connectivity index (χ2v) is 3.77. The molecule has 2 aliphatic heterocycles. The van der Waals surface area contributed by atoms with Gasteiger partial charge in [0.05, 0.1) is 6.04 Å². The molecule has 0 aromatic carbocycles. The van der Waals surface area contributed by atoms with Gasteiger partial charge in [0.2, 0.25) is 5.91 Å². The number of nitrogens with one attached hydrogen (secondary N) is 2. The molecule has 12 heavy (non-hydrogen) atoms. The molecule has 2 heterocycles. The molecule has 0 radical (unpaired) electrons. The Bertz CT molecular complexity index is 181. The summed E-state index contributed by atoms with van der Waals surface area (Å²) in [5.74, 6) is 0.818. The zero-order chi connectivity index (χ0) is 8.39. The SMILES string of the molecule is O=C1NCCCC2CCCNC12. The molecule has 2 fully saturated rings. The largest absolute Gasteiger partial charge is 0.355 e. The Morgan fingerprint density at radius 3 is 2.75 bits per heavy atom. The third-order valence-electron chi connectivity index (χ3n) is 2.92. The van der Waals surface area contributed by atoms with Gasteiger partial charge in [0.25, 0.3) is 0 Å². The number of piperidine rings is 1. The predicted octanol–water partition coefficient (Wildman–Crippen LogP) is 0.265. The predicted molar refractivity (Wildman–Crippen MR) is 46.8 cm³/mol. The molecule has 2 N–H and O–H groups in total. The van der Waals surface area contributed by atoms with Crippen molar-refractivity contribution < 1.29 is 4.79 Å². The van der Waals surface area contributed by atoms with Crippen molar-refractivity contribution in [2.45, 2.75) is 31.7 Å². The lowest BCUT2D eigenvalue weighted by atomic mass is 9.88. The van der Waals surface area contributed by atoms with Gasteiger partial charge < -0.3 is 10.6 Å². The smallest absolute Gasteiger partial charge is 0.237 e. The summed E-state index contributed by atoms with van der Waals surface area (Å²) in [5, 5.41) is 6.24. The maximum atomic E-state index is 11.5. The summed E-state index contributed by atoms with van der Waals surface area (Å²) in [5.41, 5.74) is 0. The lowest BCUT2D eigenvalue weighted by Crippen LogP contribution is -2.49. The summed E-state index contributed by atoms with van der Waals surface area (Å²) in [6.45, 7) is 1.88. The highest BCUT2D eigenvalue weighted by atomic mass is 16.2. The number of amides is 1. The highest BCUT2D eigenvalue weighted by molar-refractivity contribution is 5.82. The van der Waals surface area contributed by atoms with Crippen LogP contribution < -0.4 is 10.6 Å². The Labute approximate surface area is 72.9 Å². The van der Waals surface area contributed by atoms with Crippen LogP contribution in [0.5, 0.6) is 0 Å². The Morgan fingerprint density at radius 1 is 1.17 bits per heavy atom. The van der Waals surface area contributed by atoms with E-state index in [4.69, 9.17) is 0 Å². The van der Waals surface area contributed by atoms with Crippen LogP contribution >= 0.6 is 0 Å². The van der Waals surface area contributed by atoms with Crippen molar-refractivity contribution in [1.82, 2.24) is 10.6 Å². The Hall–Kier alpha value is -0.570. The number of carbonyl (C=O) groups is 1. The molecule has 2 rings (SSSR count). The standard InChI is InChI=1S/C9H16N2O/c12-9-8-7(3-1-5-10-8)4-2-6-11-9/h7-8,10H,1-6H2,(H,11,12). The van der Waals surface area contributed by atoms with Crippen LogP contribution in [0.2, 0.25) is 0 Å². The fourth-order valence-electron chi connectivity index (χ4n) is 2.26. The van der Waals surface area contributed by atoms with Crippen LogP contribution in [0.15, 0.2) is 0 Å². The number of carbonyl (C=O) groups excluding carboxylic acids is 1. The lowest BCUT2D eigenvalue weighted by molar-refractivity contribution is -0.124. The van der Waals surface area contributed by atoms with Gasteiger partial charge in [0, 0.05) is 6.54 Å². The van der Waals surface area contributed by atoms with Gasteiger partial charge in [-0.05, 0) is 38.1 Å². The maximum Gasteiger partial charge on any atom is 0.237 e. The summed E-state index contributed by atoms with van der Waals surface area (Å²) >= 11 is 0. The van der Waals surface area contributed by atoms with Gasteiger partial charge in [-0.25, -0.2) is 0 Å². The third kappa shape index (κ3) is 1.46. The van der Waals surface area contributed by atoms with Crippen molar-refractivity contribution in [2.75, 3.05) is 13.1 Å². The molecule has 68 valence electrons. The van der Waals surface area contributed by atoms with E-state index >= 15 is 0 Å². The number of rotatable bonds is 0. The number of fused-ring (bicyclic) bond motifs is 1. The van der Waals surface area contributed by atoms with Crippen LogP contribution in [-0.2, 0) is 4.79 Å². The fraction of sp³-hybridized carbons (Fsp3) is 0.889. The Balaban J connectivity index is 2.06. The van der Waals surface area contributed by atoms with Crippen molar-refractivity contribution in [2.24, 2.45) is 5.92 Å². The van der Waals surface area contributed by atoms with Gasteiger partial charge in [-0.1, -0.05) is 0 Å². The van der Waals surface area contributed by atoms with Gasteiger partial charge in [0.1, 0.15) is 0 Å². The maximum absolute atomic E-state index is 11.5. The van der Waals surface area contributed by atoms with Crippen LogP contribution in [-0.4, -0.2) is 25.0 Å². The van der Waals surface area contributed by atoms with Crippen molar-refractivity contribution in [1.29, 1.82) is 0 Å². The van der Waals surface area contributed by atoms with Crippen LogP contribution in [0.4, 0.5) is 0 Å². The van der Waals surface area contributed by atoms with Crippen molar-refractivity contribution >= 4 is 5.91 Å². The van der Waals surface area contributed by atoms with Crippen LogP contribution in [0.1, 0.15) is 25.7 Å². The highest BCUT2D eigenvalue weighted by Gasteiger charge is 2.31. The summed E-state index contributed by atoms with van der Waals surface area (Å²) in [4.78, 5) is 11.5. The quantitative estimate of drug-likeness (QED) is 0.545. The molecule has 1 amide bonds. The van der Waals surface area contributed by atoms with E-state index < -0.39 is 0 Å². The van der Waals surface area contributed by atoms with Crippen LogP contribution in [0.3, 0.4) is 0 Å². The van der Waals surface area contributed by atoms with Gasteiger partial charge in [-0.3, -0.25) is 4.79 Å². The molecule has 0 bridgehead atoms. The average molecular weight is 168 g/mol. The monoisotopic (exact) mass is 168 g/mol. The van der Waals surface area contributed by atoms with E-state index in [2.05, 4.69) is 10.6 Å². The minimum atomic E-state index is 0.112. The Kier molecular flexibility index (Phi) is 2.30. The molecule has 0 aliphatic carbocycles. The van der Waals surface area contributed by atoms with E-state index in [1.807, 2.05) is 0 Å². The number of hydrogen-bond acceptors (Lipinski definition) is 2. The zero-order valence-electron chi connectivity index (χ0n) is 7.31. The first kappa shape index (κ1) is 8.05. The molecular formula is C9H16N2O. The number of hydrogen-bond donors (Lipinski definition) is 2. The molecule has 2 atom stereocenters. The molecule has 0 aromatic rings. The average Bonchev–Trinajstić information content (AvgIpc) is 2.29. The van der Waals surface area contributed by atoms with Crippen LogP contribution in [0.25, 0.3) is 0 Å². The second-order valence-electron chi connectivity index (χ2n) is 3.77. The first-order valence-corrected chi connectivity index (χ1v) is 4.89. The molecule has 2 saturated heterocycles. The minimum Gasteiger partial charge on any atom is -0.355 e. The van der Waals surface area contributed by atoms with E-state index in [1.54, 1.807) is 0 Å². The lowest BCUT2D eigenvalue weighted by Gasteiger charge is -2.29. The summed E-state index contributed by atoms with van der Waals surface area (Å²) in [7, 11) is 0. The van der Waals surface area contributed by atoms with Gasteiger partial charge in [0.15, 0.2) is 0 Å². The normalized spacial score (nSPS) is 36.5. The molecule has 3 heteroatoms. The topological polar surface area (TPSA) is 41.1 Å². The van der Waals surface area contributed by atoms with E-state index in [1.165, 1.54) is 19.3 Å². The van der Waals surface area contributed by atoms with E-state index in [9.17, 15) is 4.79 Å². The molecule has 3 nitrogen and oxygen atoms in total. The van der Waals surface area contributed by atoms with E-state index in [0.717, 1.165) is 19.5 Å². The molecule has 0 aromatic heterocycles. The minimum absolute atomic E-state index is 0.112. The van der Waals surface area contributed by atoms with Crippen molar-refractivity contribution in [3.8, 4) is 0 Å². The molecule has 0 saturated carbocycles.